The third-order valence-corrected chi connectivity index (χ3v) is 6.74. The number of carbonyl (C=O) groups excluding carboxylic acids is 1. The summed E-state index contributed by atoms with van der Waals surface area (Å²) in [5, 5.41) is 4.01. The maximum atomic E-state index is 12.8. The summed E-state index contributed by atoms with van der Waals surface area (Å²) in [6.45, 7) is 3.34. The number of carbonyl (C=O) groups is 1. The van der Waals surface area contributed by atoms with E-state index in [0.29, 0.717) is 23.4 Å². The molecule has 1 unspecified atom stereocenters. The Balaban J connectivity index is 1.60. The van der Waals surface area contributed by atoms with Gasteiger partial charge >= 0.3 is 5.76 Å². The van der Waals surface area contributed by atoms with Gasteiger partial charge in [0, 0.05) is 23.0 Å². The van der Waals surface area contributed by atoms with Crippen molar-refractivity contribution in [2.45, 2.75) is 32.9 Å². The van der Waals surface area contributed by atoms with Gasteiger partial charge in [0.2, 0.25) is 0 Å². The monoisotopic (exact) mass is 405 g/mol. The van der Waals surface area contributed by atoms with E-state index in [2.05, 4.69) is 5.10 Å². The van der Waals surface area contributed by atoms with Gasteiger partial charge in [0.25, 0.3) is 5.89 Å². The van der Waals surface area contributed by atoms with Crippen LogP contribution in [0.4, 0.5) is 0 Å². The molecule has 9 nitrogen and oxygen atoms in total. The Labute approximate surface area is 160 Å². The normalized spacial score (nSPS) is 18.6. The summed E-state index contributed by atoms with van der Waals surface area (Å²) in [6.07, 6.45) is 1.96. The van der Waals surface area contributed by atoms with Crippen LogP contribution >= 0.6 is 0 Å². The zero-order valence-corrected chi connectivity index (χ0v) is 16.2. The predicted octanol–water partition coefficient (Wildman–Crippen LogP) is 1.76. The van der Waals surface area contributed by atoms with Gasteiger partial charge < -0.3 is 13.4 Å². The Morgan fingerprint density at radius 2 is 2.14 bits per heavy atom. The summed E-state index contributed by atoms with van der Waals surface area (Å²) in [5.41, 5.74) is 1.94. The van der Waals surface area contributed by atoms with Crippen LogP contribution in [0.1, 0.15) is 34.2 Å². The summed E-state index contributed by atoms with van der Waals surface area (Å²) >= 11 is 0. The first-order chi connectivity index (χ1) is 13.2. The molecule has 4 heterocycles. The molecule has 3 aromatic rings. The van der Waals surface area contributed by atoms with Crippen LogP contribution in [0.15, 0.2) is 38.1 Å². The molecule has 148 valence electrons. The number of rotatable bonds is 5. The molecular formula is C18H19N3O6S. The van der Waals surface area contributed by atoms with E-state index in [9.17, 15) is 18.0 Å². The molecule has 0 N–H and O–H groups in total. The third-order valence-electron chi connectivity index (χ3n) is 4.99. The van der Waals surface area contributed by atoms with Crippen molar-refractivity contribution in [2.24, 2.45) is 0 Å². The van der Waals surface area contributed by atoms with Gasteiger partial charge in [-0.05, 0) is 38.5 Å². The standard InChI is InChI=1S/C18H19N3O6S/c1-11-8-14(12(2)21(11)13-5-7-28(24,25)10-13)15(22)9-20-18(23)27-17(19-20)16-4-3-6-26-16/h3-4,6,8,13H,5,7,9-10H2,1-2H3. The van der Waals surface area contributed by atoms with Crippen LogP contribution in [0.5, 0.6) is 0 Å². The summed E-state index contributed by atoms with van der Waals surface area (Å²) in [6, 6.07) is 4.78. The molecule has 0 aliphatic carbocycles. The molecule has 1 aliphatic heterocycles. The van der Waals surface area contributed by atoms with E-state index in [0.717, 1.165) is 10.4 Å². The van der Waals surface area contributed by atoms with Crippen LogP contribution in [-0.4, -0.2) is 40.1 Å². The molecule has 0 spiro atoms. The van der Waals surface area contributed by atoms with Gasteiger partial charge in [-0.3, -0.25) is 4.79 Å². The molecule has 0 saturated carbocycles. The van der Waals surface area contributed by atoms with E-state index >= 15 is 0 Å². The average Bonchev–Trinajstić information content (AvgIpc) is 3.37. The molecule has 0 bridgehead atoms. The van der Waals surface area contributed by atoms with Gasteiger partial charge in [0.15, 0.2) is 21.4 Å². The Morgan fingerprint density at radius 1 is 1.36 bits per heavy atom. The SMILES string of the molecule is Cc1cc(C(=O)Cn2nc(-c3ccco3)oc2=O)c(C)n1C1CCS(=O)(=O)C1. The van der Waals surface area contributed by atoms with Gasteiger partial charge in [-0.15, -0.1) is 5.10 Å². The fourth-order valence-corrected chi connectivity index (χ4v) is 5.43. The van der Waals surface area contributed by atoms with Crippen molar-refractivity contribution in [3.63, 3.8) is 0 Å². The number of Topliss-reactive ketones (excluding diaryl/α,β-unsaturated/α-hetero) is 1. The van der Waals surface area contributed by atoms with Crippen LogP contribution in [0.3, 0.4) is 0 Å². The first kappa shape index (κ1) is 18.5. The van der Waals surface area contributed by atoms with E-state index in [1.54, 1.807) is 25.1 Å². The number of hydrogen-bond donors (Lipinski definition) is 0. The Bertz CT molecular complexity index is 1200. The lowest BCUT2D eigenvalue weighted by Gasteiger charge is -2.16. The van der Waals surface area contributed by atoms with Gasteiger partial charge in [-0.25, -0.2) is 13.2 Å². The lowest BCUT2D eigenvalue weighted by molar-refractivity contribution is 0.0964. The van der Waals surface area contributed by atoms with Crippen molar-refractivity contribution in [3.05, 3.63) is 52.0 Å². The van der Waals surface area contributed by atoms with Crippen molar-refractivity contribution >= 4 is 15.6 Å². The van der Waals surface area contributed by atoms with E-state index in [1.165, 1.54) is 6.26 Å². The fraction of sp³-hybridized carbons (Fsp3) is 0.389. The Kier molecular flexibility index (Phi) is 4.37. The lowest BCUT2D eigenvalue weighted by Crippen LogP contribution is -2.22. The molecule has 3 aromatic heterocycles. The highest BCUT2D eigenvalue weighted by Crippen LogP contribution is 2.29. The summed E-state index contributed by atoms with van der Waals surface area (Å²) in [5.74, 6) is -0.529. The van der Waals surface area contributed by atoms with Crippen LogP contribution < -0.4 is 5.76 Å². The van der Waals surface area contributed by atoms with Crippen molar-refractivity contribution in [1.82, 2.24) is 14.3 Å². The molecule has 1 atom stereocenters. The fourth-order valence-electron chi connectivity index (χ4n) is 3.73. The number of aryl methyl sites for hydroxylation is 1. The van der Waals surface area contributed by atoms with E-state index in [4.69, 9.17) is 8.83 Å². The molecule has 0 amide bonds. The summed E-state index contributed by atoms with van der Waals surface area (Å²) in [4.78, 5) is 24.8. The largest absolute Gasteiger partial charge is 0.459 e. The van der Waals surface area contributed by atoms with E-state index < -0.39 is 15.6 Å². The quantitative estimate of drug-likeness (QED) is 0.594. The second kappa shape index (κ2) is 6.62. The summed E-state index contributed by atoms with van der Waals surface area (Å²) in [7, 11) is -3.04. The maximum Gasteiger partial charge on any atom is 0.437 e. The van der Waals surface area contributed by atoms with Crippen LogP contribution in [0, 0.1) is 13.8 Å². The zero-order chi connectivity index (χ0) is 20.1. The highest BCUT2D eigenvalue weighted by atomic mass is 32.2. The van der Waals surface area contributed by atoms with Crippen LogP contribution in [-0.2, 0) is 16.4 Å². The average molecular weight is 405 g/mol. The Hall–Kier alpha value is -2.88. The molecule has 1 fully saturated rings. The molecule has 1 saturated heterocycles. The number of nitrogens with zero attached hydrogens (tertiary/aromatic N) is 3. The lowest BCUT2D eigenvalue weighted by atomic mass is 10.1. The molecular weight excluding hydrogens is 386 g/mol. The first-order valence-electron chi connectivity index (χ1n) is 8.79. The van der Waals surface area contributed by atoms with E-state index in [1.807, 2.05) is 11.5 Å². The Morgan fingerprint density at radius 3 is 2.79 bits per heavy atom. The maximum absolute atomic E-state index is 12.8. The minimum atomic E-state index is -3.04. The number of sulfone groups is 1. The third kappa shape index (κ3) is 3.24. The van der Waals surface area contributed by atoms with Crippen LogP contribution in [0.2, 0.25) is 0 Å². The molecule has 10 heteroatoms. The van der Waals surface area contributed by atoms with E-state index in [-0.39, 0.29) is 35.8 Å². The minimum Gasteiger partial charge on any atom is -0.459 e. The van der Waals surface area contributed by atoms with Gasteiger partial charge in [-0.2, -0.15) is 4.68 Å². The summed E-state index contributed by atoms with van der Waals surface area (Å²) < 4.78 is 36.7. The molecule has 28 heavy (non-hydrogen) atoms. The van der Waals surface area contributed by atoms with Crippen LogP contribution in [0.25, 0.3) is 11.7 Å². The molecule has 4 rings (SSSR count). The predicted molar refractivity (Wildman–Crippen MR) is 99.0 cm³/mol. The minimum absolute atomic E-state index is 0.00411. The number of hydrogen-bond acceptors (Lipinski definition) is 7. The molecule has 0 radical (unpaired) electrons. The number of furan rings is 1. The number of ketones is 1. The first-order valence-corrected chi connectivity index (χ1v) is 10.6. The number of aromatic nitrogens is 3. The highest BCUT2D eigenvalue weighted by Gasteiger charge is 2.31. The second-order valence-electron chi connectivity index (χ2n) is 6.94. The second-order valence-corrected chi connectivity index (χ2v) is 9.17. The smallest absolute Gasteiger partial charge is 0.437 e. The zero-order valence-electron chi connectivity index (χ0n) is 15.4. The van der Waals surface area contributed by atoms with Crippen molar-refractivity contribution < 1.29 is 22.0 Å². The van der Waals surface area contributed by atoms with Crippen molar-refractivity contribution in [1.29, 1.82) is 0 Å². The topological polar surface area (TPSA) is 117 Å². The molecule has 1 aliphatic rings. The van der Waals surface area contributed by atoms with Crippen molar-refractivity contribution in [2.75, 3.05) is 11.5 Å². The highest BCUT2D eigenvalue weighted by molar-refractivity contribution is 7.91. The van der Waals surface area contributed by atoms with Gasteiger partial charge in [-0.1, -0.05) is 0 Å². The van der Waals surface area contributed by atoms with Gasteiger partial charge in [0.05, 0.1) is 17.8 Å². The van der Waals surface area contributed by atoms with Crippen molar-refractivity contribution in [3.8, 4) is 11.7 Å². The van der Waals surface area contributed by atoms with Gasteiger partial charge in [0.1, 0.15) is 6.54 Å². The molecule has 0 aromatic carbocycles.